The summed E-state index contributed by atoms with van der Waals surface area (Å²) in [4.78, 5) is 13.7. The fourth-order valence-electron chi connectivity index (χ4n) is 3.63. The highest BCUT2D eigenvalue weighted by molar-refractivity contribution is 7.78. The Morgan fingerprint density at radius 1 is 1.00 bits per heavy atom. The van der Waals surface area contributed by atoms with Crippen LogP contribution in [0.15, 0.2) is 89.9 Å². The first-order chi connectivity index (χ1) is 16.0. The van der Waals surface area contributed by atoms with E-state index >= 15 is 0 Å². The van der Waals surface area contributed by atoms with Crippen molar-refractivity contribution in [1.29, 1.82) is 0 Å². The molecule has 1 aromatic heterocycles. The van der Waals surface area contributed by atoms with Crippen LogP contribution in [0.25, 0.3) is 22.3 Å². The molecule has 0 aliphatic heterocycles. The third kappa shape index (κ3) is 4.82. The summed E-state index contributed by atoms with van der Waals surface area (Å²) in [5, 5.41) is 4.38. The second-order valence-electron chi connectivity index (χ2n) is 7.33. The number of nitrogens with zero attached hydrogens (tertiary/aromatic N) is 2. The largest absolute Gasteiger partial charge is 0.306 e. The maximum atomic E-state index is 13.7. The smallest absolute Gasteiger partial charge is 0.276 e. The van der Waals surface area contributed by atoms with Crippen LogP contribution in [-0.2, 0) is 16.8 Å². The summed E-state index contributed by atoms with van der Waals surface area (Å²) in [6.45, 7) is 0. The maximum Gasteiger partial charge on any atom is 0.276 e. The van der Waals surface area contributed by atoms with Crippen LogP contribution in [0.5, 0.6) is 0 Å². The molecule has 1 heterocycles. The topological polar surface area (TPSA) is 72.2 Å². The van der Waals surface area contributed by atoms with Gasteiger partial charge in [0.2, 0.25) is 0 Å². The van der Waals surface area contributed by atoms with Gasteiger partial charge in [-0.15, -0.1) is 6.42 Å². The molecule has 2 unspecified atom stereocenters. The van der Waals surface area contributed by atoms with Gasteiger partial charge in [-0.2, -0.15) is 5.10 Å². The normalized spacial score (nSPS) is 12.6. The van der Waals surface area contributed by atoms with Crippen LogP contribution < -0.4 is 5.56 Å². The Balaban J connectivity index is 1.90. The van der Waals surface area contributed by atoms with Crippen molar-refractivity contribution in [2.75, 3.05) is 0 Å². The molecule has 0 saturated carbocycles. The van der Waals surface area contributed by atoms with Crippen molar-refractivity contribution in [2.45, 2.75) is 11.8 Å². The van der Waals surface area contributed by atoms with Gasteiger partial charge in [0.1, 0.15) is 11.9 Å². The SMILES string of the molecule is C#CC(c1ccccc1)n1ncc(-c2ccc(CS(=O)O)cc2)c(-c2ccc(F)cc2)c1=O. The lowest BCUT2D eigenvalue weighted by Gasteiger charge is -2.17. The molecule has 0 spiro atoms. The van der Waals surface area contributed by atoms with E-state index in [1.54, 1.807) is 30.5 Å². The average molecular weight is 459 g/mol. The Morgan fingerprint density at radius 2 is 1.64 bits per heavy atom. The van der Waals surface area contributed by atoms with Gasteiger partial charge in [-0.3, -0.25) is 4.79 Å². The zero-order chi connectivity index (χ0) is 23.4. The highest BCUT2D eigenvalue weighted by Gasteiger charge is 2.20. The van der Waals surface area contributed by atoms with Gasteiger partial charge in [0.25, 0.3) is 5.56 Å². The highest BCUT2D eigenvalue weighted by atomic mass is 32.2. The van der Waals surface area contributed by atoms with Gasteiger partial charge in [0, 0.05) is 5.56 Å². The average Bonchev–Trinajstić information content (AvgIpc) is 2.82. The maximum absolute atomic E-state index is 13.7. The summed E-state index contributed by atoms with van der Waals surface area (Å²) in [6, 6.07) is 21.1. The molecule has 0 radical (unpaired) electrons. The lowest BCUT2D eigenvalue weighted by Crippen LogP contribution is -2.29. The summed E-state index contributed by atoms with van der Waals surface area (Å²) in [7, 11) is 0. The van der Waals surface area contributed by atoms with E-state index in [2.05, 4.69) is 11.0 Å². The van der Waals surface area contributed by atoms with Gasteiger partial charge in [-0.05, 0) is 34.4 Å². The van der Waals surface area contributed by atoms with Gasteiger partial charge >= 0.3 is 0 Å². The molecular weight excluding hydrogens is 439 g/mol. The summed E-state index contributed by atoms with van der Waals surface area (Å²) < 4.78 is 35.0. The molecule has 3 aromatic carbocycles. The molecule has 33 heavy (non-hydrogen) atoms. The van der Waals surface area contributed by atoms with Gasteiger partial charge in [-0.25, -0.2) is 13.3 Å². The lowest BCUT2D eigenvalue weighted by atomic mass is 9.96. The second kappa shape index (κ2) is 9.74. The Bertz CT molecular complexity index is 1390. The molecule has 164 valence electrons. The fourth-order valence-corrected chi connectivity index (χ4v) is 4.11. The standard InChI is InChI=1S/C26H19FN2O3S/c1-2-24(20-6-4-3-5-7-20)29-26(30)25(21-12-14-22(27)15-13-21)23(16-28-29)19-10-8-18(9-11-19)17-33(31)32/h1,3-16,24H,17H2,(H,31,32). The Morgan fingerprint density at radius 3 is 2.24 bits per heavy atom. The first-order valence-electron chi connectivity index (χ1n) is 10.0. The van der Waals surface area contributed by atoms with E-state index in [0.717, 1.165) is 5.56 Å². The molecule has 0 aliphatic rings. The number of hydrogen-bond donors (Lipinski definition) is 1. The van der Waals surface area contributed by atoms with E-state index < -0.39 is 28.5 Å². The van der Waals surface area contributed by atoms with Crippen LogP contribution in [-0.4, -0.2) is 18.5 Å². The molecule has 0 saturated heterocycles. The van der Waals surface area contributed by atoms with Crippen molar-refractivity contribution in [3.05, 3.63) is 112 Å². The van der Waals surface area contributed by atoms with Gasteiger partial charge in [-0.1, -0.05) is 72.7 Å². The summed E-state index contributed by atoms with van der Waals surface area (Å²) in [5.74, 6) is 2.23. The van der Waals surface area contributed by atoms with E-state index in [1.807, 2.05) is 30.3 Å². The molecule has 0 fully saturated rings. The Kier molecular flexibility index (Phi) is 6.59. The van der Waals surface area contributed by atoms with Crippen LogP contribution in [0.1, 0.15) is 17.2 Å². The molecule has 2 atom stereocenters. The minimum Gasteiger partial charge on any atom is -0.306 e. The zero-order valence-electron chi connectivity index (χ0n) is 17.4. The predicted octanol–water partition coefficient (Wildman–Crippen LogP) is 4.66. The molecule has 5 nitrogen and oxygen atoms in total. The fraction of sp³-hybridized carbons (Fsp3) is 0.0769. The van der Waals surface area contributed by atoms with Gasteiger partial charge in [0.05, 0.1) is 17.5 Å². The molecule has 4 rings (SSSR count). The van der Waals surface area contributed by atoms with Crippen molar-refractivity contribution in [3.63, 3.8) is 0 Å². The van der Waals surface area contributed by atoms with Crippen molar-refractivity contribution < 1.29 is 13.2 Å². The number of halogens is 1. The lowest BCUT2D eigenvalue weighted by molar-refractivity contribution is 0.563. The van der Waals surface area contributed by atoms with E-state index in [1.165, 1.54) is 28.9 Å². The van der Waals surface area contributed by atoms with Gasteiger partial charge < -0.3 is 4.55 Å². The van der Waals surface area contributed by atoms with Crippen molar-refractivity contribution >= 4 is 11.1 Å². The number of benzene rings is 3. The third-order valence-corrected chi connectivity index (χ3v) is 5.79. The molecule has 0 bridgehead atoms. The summed E-state index contributed by atoms with van der Waals surface area (Å²) in [5.41, 5.74) is 3.11. The van der Waals surface area contributed by atoms with Crippen LogP contribution in [0, 0.1) is 18.2 Å². The molecule has 7 heteroatoms. The molecular formula is C26H19FN2O3S. The Labute approximate surface area is 192 Å². The monoisotopic (exact) mass is 458 g/mol. The summed E-state index contributed by atoms with van der Waals surface area (Å²) >= 11 is -1.96. The molecule has 1 N–H and O–H groups in total. The van der Waals surface area contributed by atoms with Crippen LogP contribution in [0.4, 0.5) is 4.39 Å². The third-order valence-electron chi connectivity index (χ3n) is 5.21. The van der Waals surface area contributed by atoms with E-state index in [-0.39, 0.29) is 5.75 Å². The quantitative estimate of drug-likeness (QED) is 0.337. The number of terminal acetylenes is 1. The summed E-state index contributed by atoms with van der Waals surface area (Å²) in [6.07, 6.45) is 7.34. The number of aromatic nitrogens is 2. The Hall–Kier alpha value is -3.86. The van der Waals surface area contributed by atoms with Crippen LogP contribution >= 0.6 is 0 Å². The molecule has 4 aromatic rings. The first kappa shape index (κ1) is 22.3. The molecule has 0 amide bonds. The van der Waals surface area contributed by atoms with Crippen molar-refractivity contribution in [2.24, 2.45) is 0 Å². The van der Waals surface area contributed by atoms with E-state index in [0.29, 0.717) is 27.8 Å². The number of hydrogen-bond acceptors (Lipinski definition) is 3. The molecule has 0 aliphatic carbocycles. The van der Waals surface area contributed by atoms with Crippen molar-refractivity contribution in [3.8, 4) is 34.6 Å². The van der Waals surface area contributed by atoms with E-state index in [9.17, 15) is 13.4 Å². The first-order valence-corrected chi connectivity index (χ1v) is 11.3. The van der Waals surface area contributed by atoms with E-state index in [4.69, 9.17) is 11.0 Å². The zero-order valence-corrected chi connectivity index (χ0v) is 18.2. The second-order valence-corrected chi connectivity index (χ2v) is 8.26. The van der Waals surface area contributed by atoms with Gasteiger partial charge in [0.15, 0.2) is 11.1 Å². The van der Waals surface area contributed by atoms with Crippen LogP contribution in [0.3, 0.4) is 0 Å². The predicted molar refractivity (Wildman–Crippen MR) is 127 cm³/mol. The number of rotatable bonds is 6. The van der Waals surface area contributed by atoms with Crippen LogP contribution in [0.2, 0.25) is 0 Å². The minimum absolute atomic E-state index is 0.00582. The minimum atomic E-state index is -1.96. The van der Waals surface area contributed by atoms with Crippen molar-refractivity contribution in [1.82, 2.24) is 9.78 Å². The highest BCUT2D eigenvalue weighted by Crippen LogP contribution is 2.30.